The van der Waals surface area contributed by atoms with E-state index in [0.717, 1.165) is 32.2 Å². The predicted molar refractivity (Wildman–Crippen MR) is 87.4 cm³/mol. The van der Waals surface area contributed by atoms with E-state index in [1.165, 1.54) is 0 Å². The third-order valence-corrected chi connectivity index (χ3v) is 3.97. The van der Waals surface area contributed by atoms with Crippen molar-refractivity contribution in [1.82, 2.24) is 10.6 Å². The zero-order valence-electron chi connectivity index (χ0n) is 14.7. The van der Waals surface area contributed by atoms with Crippen molar-refractivity contribution in [3.05, 3.63) is 0 Å². The maximum absolute atomic E-state index is 11.9. The van der Waals surface area contributed by atoms with Crippen LogP contribution in [0.1, 0.15) is 66.7 Å². The van der Waals surface area contributed by atoms with Gasteiger partial charge in [0.2, 0.25) is 0 Å². The first-order chi connectivity index (χ1) is 10.1. The molecule has 0 spiro atoms. The molecule has 1 aliphatic rings. The van der Waals surface area contributed by atoms with E-state index in [4.69, 9.17) is 10.00 Å². The van der Waals surface area contributed by atoms with Crippen molar-refractivity contribution in [1.29, 1.82) is 5.26 Å². The molecule has 2 atom stereocenters. The van der Waals surface area contributed by atoms with Crippen molar-refractivity contribution in [3.63, 3.8) is 0 Å². The molecule has 0 heterocycles. The van der Waals surface area contributed by atoms with Gasteiger partial charge in [-0.25, -0.2) is 4.79 Å². The lowest BCUT2D eigenvalue weighted by molar-refractivity contribution is 0.0497. The highest BCUT2D eigenvalue weighted by Gasteiger charge is 2.31. The fourth-order valence-corrected chi connectivity index (χ4v) is 2.73. The van der Waals surface area contributed by atoms with Crippen LogP contribution >= 0.6 is 0 Å². The summed E-state index contributed by atoms with van der Waals surface area (Å²) < 4.78 is 5.33. The molecule has 1 rings (SSSR count). The number of nitrogens with zero attached hydrogens (tertiary/aromatic N) is 1. The quantitative estimate of drug-likeness (QED) is 0.789. The van der Waals surface area contributed by atoms with Crippen molar-refractivity contribution in [2.75, 3.05) is 6.54 Å². The van der Waals surface area contributed by atoms with E-state index in [1.807, 2.05) is 20.8 Å². The Kier molecular flexibility index (Phi) is 6.67. The monoisotopic (exact) mass is 309 g/mol. The number of nitriles is 1. The Morgan fingerprint density at radius 2 is 1.86 bits per heavy atom. The first kappa shape index (κ1) is 18.8. The number of alkyl carbamates (subject to hydrolysis) is 1. The first-order valence-corrected chi connectivity index (χ1v) is 8.23. The van der Waals surface area contributed by atoms with E-state index < -0.39 is 5.60 Å². The second-order valence-corrected chi connectivity index (χ2v) is 7.99. The molecule has 0 aromatic carbocycles. The van der Waals surface area contributed by atoms with Crippen LogP contribution in [0.5, 0.6) is 0 Å². The van der Waals surface area contributed by atoms with Gasteiger partial charge in [0.15, 0.2) is 0 Å². The lowest BCUT2D eigenvalue weighted by Gasteiger charge is -2.29. The van der Waals surface area contributed by atoms with Crippen molar-refractivity contribution in [2.45, 2.75) is 84.4 Å². The van der Waals surface area contributed by atoms with Gasteiger partial charge in [-0.2, -0.15) is 5.26 Å². The van der Waals surface area contributed by atoms with Crippen LogP contribution in [-0.2, 0) is 4.74 Å². The molecule has 2 unspecified atom stereocenters. The Balaban J connectivity index is 2.43. The standard InChI is InChI=1S/C17H31N3O2/c1-16(2,3)22-15(21)20-14-9-6-8-13(14)19-12-17(4,5)10-7-11-18/h13-14,19H,6-10,12H2,1-5H3,(H,20,21). The number of amides is 1. The van der Waals surface area contributed by atoms with Gasteiger partial charge in [0.25, 0.3) is 0 Å². The summed E-state index contributed by atoms with van der Waals surface area (Å²) in [6.45, 7) is 10.8. The molecule has 0 aromatic rings. The van der Waals surface area contributed by atoms with Crippen LogP contribution in [0, 0.1) is 16.7 Å². The fraction of sp³-hybridized carbons (Fsp3) is 0.882. The van der Waals surface area contributed by atoms with Crippen LogP contribution in [0.15, 0.2) is 0 Å². The van der Waals surface area contributed by atoms with E-state index in [2.05, 4.69) is 30.6 Å². The van der Waals surface area contributed by atoms with Crippen molar-refractivity contribution >= 4 is 6.09 Å². The lowest BCUT2D eigenvalue weighted by Crippen LogP contribution is -2.49. The van der Waals surface area contributed by atoms with Gasteiger partial charge in [0.1, 0.15) is 5.60 Å². The molecule has 22 heavy (non-hydrogen) atoms. The molecule has 0 saturated heterocycles. The summed E-state index contributed by atoms with van der Waals surface area (Å²) in [4.78, 5) is 11.9. The van der Waals surface area contributed by atoms with E-state index >= 15 is 0 Å². The summed E-state index contributed by atoms with van der Waals surface area (Å²) in [5.41, 5.74) is -0.375. The Morgan fingerprint density at radius 1 is 1.23 bits per heavy atom. The van der Waals surface area contributed by atoms with Crippen LogP contribution in [0.25, 0.3) is 0 Å². The van der Waals surface area contributed by atoms with E-state index in [-0.39, 0.29) is 23.6 Å². The largest absolute Gasteiger partial charge is 0.444 e. The van der Waals surface area contributed by atoms with Crippen LogP contribution < -0.4 is 10.6 Å². The molecular formula is C17H31N3O2. The molecule has 1 amide bonds. The molecule has 126 valence electrons. The van der Waals surface area contributed by atoms with Crippen molar-refractivity contribution in [3.8, 4) is 6.07 Å². The molecule has 5 nitrogen and oxygen atoms in total. The summed E-state index contributed by atoms with van der Waals surface area (Å²) in [7, 11) is 0. The topological polar surface area (TPSA) is 74.2 Å². The molecule has 2 N–H and O–H groups in total. The highest BCUT2D eigenvalue weighted by molar-refractivity contribution is 5.68. The highest BCUT2D eigenvalue weighted by Crippen LogP contribution is 2.24. The number of ether oxygens (including phenoxy) is 1. The van der Waals surface area contributed by atoms with Crippen molar-refractivity contribution in [2.24, 2.45) is 5.41 Å². The number of carbonyl (C=O) groups excluding carboxylic acids is 1. The van der Waals surface area contributed by atoms with Gasteiger partial charge in [-0.05, 0) is 51.9 Å². The van der Waals surface area contributed by atoms with Crippen LogP contribution in [0.4, 0.5) is 4.79 Å². The molecule has 5 heteroatoms. The van der Waals surface area contributed by atoms with Gasteiger partial charge in [0, 0.05) is 25.0 Å². The van der Waals surface area contributed by atoms with Crippen LogP contribution in [-0.4, -0.2) is 30.3 Å². The smallest absolute Gasteiger partial charge is 0.407 e. The summed E-state index contributed by atoms with van der Waals surface area (Å²) in [6, 6.07) is 2.62. The Labute approximate surface area is 134 Å². The molecule has 0 aromatic heterocycles. The molecule has 1 aliphatic carbocycles. The summed E-state index contributed by atoms with van der Waals surface area (Å²) in [6.07, 6.45) is 4.28. The van der Waals surface area contributed by atoms with Crippen molar-refractivity contribution < 1.29 is 9.53 Å². The minimum absolute atomic E-state index is 0.0921. The van der Waals surface area contributed by atoms with E-state index in [0.29, 0.717) is 6.42 Å². The van der Waals surface area contributed by atoms with Gasteiger partial charge >= 0.3 is 6.09 Å². The zero-order valence-corrected chi connectivity index (χ0v) is 14.7. The second kappa shape index (κ2) is 7.82. The molecular weight excluding hydrogens is 278 g/mol. The number of hydrogen-bond donors (Lipinski definition) is 2. The maximum Gasteiger partial charge on any atom is 0.407 e. The molecule has 1 fully saturated rings. The molecule has 0 aliphatic heterocycles. The highest BCUT2D eigenvalue weighted by atomic mass is 16.6. The molecule has 0 radical (unpaired) electrons. The third kappa shape index (κ3) is 7.13. The van der Waals surface area contributed by atoms with Gasteiger partial charge in [0.05, 0.1) is 6.07 Å². The van der Waals surface area contributed by atoms with E-state index in [1.54, 1.807) is 0 Å². The fourth-order valence-electron chi connectivity index (χ4n) is 2.73. The Hall–Kier alpha value is -1.28. The summed E-state index contributed by atoms with van der Waals surface area (Å²) >= 11 is 0. The van der Waals surface area contributed by atoms with Gasteiger partial charge in [-0.3, -0.25) is 0 Å². The van der Waals surface area contributed by atoms with E-state index in [9.17, 15) is 4.79 Å². The summed E-state index contributed by atoms with van der Waals surface area (Å²) in [5.74, 6) is 0. The maximum atomic E-state index is 11.9. The predicted octanol–water partition coefficient (Wildman–Crippen LogP) is 3.35. The van der Waals surface area contributed by atoms with Crippen LogP contribution in [0.3, 0.4) is 0 Å². The van der Waals surface area contributed by atoms with Gasteiger partial charge in [-0.15, -0.1) is 0 Å². The lowest BCUT2D eigenvalue weighted by atomic mass is 9.87. The van der Waals surface area contributed by atoms with Gasteiger partial charge < -0.3 is 15.4 Å². The number of hydrogen-bond acceptors (Lipinski definition) is 4. The Bertz CT molecular complexity index is 407. The minimum Gasteiger partial charge on any atom is -0.444 e. The number of nitrogens with one attached hydrogen (secondary N) is 2. The average Bonchev–Trinajstić information content (AvgIpc) is 2.79. The molecule has 1 saturated carbocycles. The SMILES string of the molecule is CC(C)(CCC#N)CNC1CCCC1NC(=O)OC(C)(C)C. The average molecular weight is 309 g/mol. The minimum atomic E-state index is -0.467. The second-order valence-electron chi connectivity index (χ2n) is 7.99. The van der Waals surface area contributed by atoms with Crippen LogP contribution in [0.2, 0.25) is 0 Å². The Morgan fingerprint density at radius 3 is 2.45 bits per heavy atom. The van der Waals surface area contributed by atoms with Gasteiger partial charge in [-0.1, -0.05) is 13.8 Å². The summed E-state index contributed by atoms with van der Waals surface area (Å²) in [5, 5.41) is 15.3. The number of carbonyl (C=O) groups is 1. The third-order valence-electron chi connectivity index (χ3n) is 3.97. The number of rotatable bonds is 6. The molecule has 0 bridgehead atoms. The zero-order chi connectivity index (χ0) is 16.8. The first-order valence-electron chi connectivity index (χ1n) is 8.23. The normalized spacial score (nSPS) is 22.2.